The maximum atomic E-state index is 13.6. The maximum Gasteiger partial charge on any atom is 0.259 e. The minimum absolute atomic E-state index is 0.0778. The summed E-state index contributed by atoms with van der Waals surface area (Å²) in [5.74, 6) is 0.666. The molecule has 7 heteroatoms. The maximum absolute atomic E-state index is 13.6. The Morgan fingerprint density at radius 1 is 1.10 bits per heavy atom. The number of fused-ring (bicyclic) bond motifs is 3. The number of hydrogen-bond donors (Lipinski definition) is 1. The third-order valence-electron chi connectivity index (χ3n) is 5.36. The molecule has 1 amide bonds. The van der Waals surface area contributed by atoms with Crippen molar-refractivity contribution in [3.05, 3.63) is 78.3 Å². The lowest BCUT2D eigenvalue weighted by atomic mass is 10.1. The Morgan fingerprint density at radius 3 is 2.58 bits per heavy atom. The van der Waals surface area contributed by atoms with Crippen LogP contribution in [0.3, 0.4) is 0 Å². The molecule has 0 bridgehead atoms. The fraction of sp³-hybridized carbons (Fsp3) is 0.250. The molecular weight excluding hydrogens is 388 g/mol. The fourth-order valence-corrected chi connectivity index (χ4v) is 3.84. The Labute approximate surface area is 181 Å². The molecule has 0 radical (unpaired) electrons. The smallest absolute Gasteiger partial charge is 0.259 e. The lowest BCUT2D eigenvalue weighted by Gasteiger charge is -2.22. The largest absolute Gasteiger partial charge is 0.380 e. The molecule has 31 heavy (non-hydrogen) atoms. The second-order valence-corrected chi connectivity index (χ2v) is 7.21. The molecule has 0 atom stereocenters. The number of carbonyl (C=O) groups is 1. The molecule has 1 aromatic carbocycles. The van der Waals surface area contributed by atoms with Crippen LogP contribution in [0.25, 0.3) is 16.7 Å². The number of rotatable bonds is 8. The minimum Gasteiger partial charge on any atom is -0.380 e. The van der Waals surface area contributed by atoms with Gasteiger partial charge < -0.3 is 10.2 Å². The molecule has 1 N–H and O–H groups in total. The van der Waals surface area contributed by atoms with E-state index < -0.39 is 0 Å². The summed E-state index contributed by atoms with van der Waals surface area (Å²) in [7, 11) is 0. The Morgan fingerprint density at radius 2 is 1.87 bits per heavy atom. The highest BCUT2D eigenvalue weighted by molar-refractivity contribution is 6.12. The fourth-order valence-electron chi connectivity index (χ4n) is 3.84. The zero-order valence-electron chi connectivity index (χ0n) is 17.9. The Bertz CT molecular complexity index is 1230. The van der Waals surface area contributed by atoms with Gasteiger partial charge in [-0.2, -0.15) is 0 Å². The van der Waals surface area contributed by atoms with Gasteiger partial charge in [0.25, 0.3) is 5.91 Å². The molecule has 0 spiro atoms. The Hall–Kier alpha value is -3.74. The van der Waals surface area contributed by atoms with Gasteiger partial charge in [-0.15, -0.1) is 16.8 Å². The van der Waals surface area contributed by atoms with E-state index in [0.29, 0.717) is 43.0 Å². The second-order valence-electron chi connectivity index (χ2n) is 7.21. The third kappa shape index (κ3) is 3.74. The predicted molar refractivity (Wildman–Crippen MR) is 123 cm³/mol. The molecule has 3 heterocycles. The number of pyridine rings is 2. The van der Waals surface area contributed by atoms with Crippen molar-refractivity contribution in [3.63, 3.8) is 0 Å². The van der Waals surface area contributed by atoms with Gasteiger partial charge in [-0.25, -0.2) is 4.98 Å². The van der Waals surface area contributed by atoms with Crippen LogP contribution in [0.5, 0.6) is 0 Å². The van der Waals surface area contributed by atoms with Crippen LogP contribution in [0.4, 0.5) is 5.69 Å². The first-order valence-electron chi connectivity index (χ1n) is 10.5. The molecule has 7 nitrogen and oxygen atoms in total. The molecule has 0 saturated heterocycles. The van der Waals surface area contributed by atoms with Crippen LogP contribution in [-0.4, -0.2) is 50.0 Å². The van der Waals surface area contributed by atoms with Crippen molar-refractivity contribution in [1.82, 2.24) is 24.5 Å². The van der Waals surface area contributed by atoms with E-state index in [1.807, 2.05) is 48.6 Å². The van der Waals surface area contributed by atoms with Crippen LogP contribution >= 0.6 is 0 Å². The number of nitrogens with zero attached hydrogens (tertiary/aromatic N) is 5. The summed E-state index contributed by atoms with van der Waals surface area (Å²) in [4.78, 5) is 20.0. The molecule has 0 aliphatic rings. The van der Waals surface area contributed by atoms with E-state index in [-0.39, 0.29) is 5.91 Å². The van der Waals surface area contributed by atoms with Crippen LogP contribution in [0.15, 0.2) is 61.3 Å². The van der Waals surface area contributed by atoms with Crippen LogP contribution in [-0.2, 0) is 6.42 Å². The number of anilines is 1. The summed E-state index contributed by atoms with van der Waals surface area (Å²) in [5, 5.41) is 13.1. The Balaban J connectivity index is 2.02. The van der Waals surface area contributed by atoms with Gasteiger partial charge in [-0.3, -0.25) is 9.20 Å². The number of benzene rings is 1. The average molecular weight is 415 g/mol. The first-order chi connectivity index (χ1) is 15.2. The normalized spacial score (nSPS) is 11.0. The van der Waals surface area contributed by atoms with Crippen LogP contribution < -0.4 is 5.32 Å². The zero-order valence-corrected chi connectivity index (χ0v) is 17.9. The minimum atomic E-state index is -0.0778. The lowest BCUT2D eigenvalue weighted by molar-refractivity contribution is 0.0775. The van der Waals surface area contributed by atoms with Gasteiger partial charge in [0, 0.05) is 37.6 Å². The van der Waals surface area contributed by atoms with Gasteiger partial charge in [0.15, 0.2) is 5.65 Å². The topological polar surface area (TPSA) is 75.4 Å². The molecule has 0 saturated carbocycles. The molecule has 4 rings (SSSR count). The molecule has 4 aromatic rings. The van der Waals surface area contributed by atoms with Gasteiger partial charge in [0.2, 0.25) is 0 Å². The monoisotopic (exact) mass is 414 g/mol. The molecule has 0 fully saturated rings. The number of aromatic nitrogens is 4. The highest BCUT2D eigenvalue weighted by Crippen LogP contribution is 2.32. The molecule has 0 aliphatic heterocycles. The van der Waals surface area contributed by atoms with Crippen molar-refractivity contribution in [2.75, 3.05) is 25.0 Å². The van der Waals surface area contributed by atoms with E-state index in [9.17, 15) is 4.79 Å². The first kappa shape index (κ1) is 20.5. The standard InChI is InChI=1S/C24H26N6O/c1-4-14-25-21-18-13-10-15-26-22(18)30-19(16-17-11-8-7-9-12-17)27-28-23(30)20(21)24(31)29(5-2)6-3/h4,7-13,15,25H,1,5-6,14,16H2,2-3H3. The zero-order chi connectivity index (χ0) is 21.8. The molecule has 0 unspecified atom stereocenters. The highest BCUT2D eigenvalue weighted by Gasteiger charge is 2.26. The highest BCUT2D eigenvalue weighted by atomic mass is 16.2. The Kier molecular flexibility index (Phi) is 5.93. The number of hydrogen-bond acceptors (Lipinski definition) is 5. The second kappa shape index (κ2) is 8.95. The summed E-state index contributed by atoms with van der Waals surface area (Å²) in [6, 6.07) is 13.9. The van der Waals surface area contributed by atoms with E-state index in [4.69, 9.17) is 0 Å². The van der Waals surface area contributed by atoms with E-state index >= 15 is 0 Å². The van der Waals surface area contributed by atoms with Crippen molar-refractivity contribution < 1.29 is 4.79 Å². The van der Waals surface area contributed by atoms with Crippen molar-refractivity contribution >= 4 is 28.3 Å². The van der Waals surface area contributed by atoms with E-state index in [1.54, 1.807) is 17.2 Å². The van der Waals surface area contributed by atoms with Crippen LogP contribution in [0.1, 0.15) is 35.6 Å². The third-order valence-corrected chi connectivity index (χ3v) is 5.36. The van der Waals surface area contributed by atoms with E-state index in [1.165, 1.54) is 0 Å². The number of amides is 1. The number of nitrogens with one attached hydrogen (secondary N) is 1. The number of carbonyl (C=O) groups excluding carboxylic acids is 1. The summed E-state index contributed by atoms with van der Waals surface area (Å²) < 4.78 is 1.91. The molecule has 0 aliphatic carbocycles. The van der Waals surface area contributed by atoms with Crippen LogP contribution in [0, 0.1) is 0 Å². The van der Waals surface area contributed by atoms with Crippen molar-refractivity contribution in [1.29, 1.82) is 0 Å². The summed E-state index contributed by atoms with van der Waals surface area (Å²) in [6.45, 7) is 9.49. The summed E-state index contributed by atoms with van der Waals surface area (Å²) >= 11 is 0. The first-order valence-corrected chi connectivity index (χ1v) is 10.5. The molecule has 158 valence electrons. The van der Waals surface area contributed by atoms with Crippen molar-refractivity contribution in [3.8, 4) is 0 Å². The average Bonchev–Trinajstić information content (AvgIpc) is 3.22. The lowest BCUT2D eigenvalue weighted by Crippen LogP contribution is -2.31. The SMILES string of the molecule is C=CCNc1c(C(=O)N(CC)CC)c2nnc(Cc3ccccc3)n2c2ncccc12. The van der Waals surface area contributed by atoms with Gasteiger partial charge in [0.05, 0.1) is 5.69 Å². The van der Waals surface area contributed by atoms with E-state index in [2.05, 4.69) is 39.2 Å². The van der Waals surface area contributed by atoms with Gasteiger partial charge >= 0.3 is 0 Å². The van der Waals surface area contributed by atoms with Gasteiger partial charge in [0.1, 0.15) is 17.0 Å². The quantitative estimate of drug-likeness (QED) is 0.442. The van der Waals surface area contributed by atoms with Gasteiger partial charge in [-0.05, 0) is 31.5 Å². The predicted octanol–water partition coefficient (Wildman–Crippen LogP) is 3.95. The van der Waals surface area contributed by atoms with Crippen molar-refractivity contribution in [2.45, 2.75) is 20.3 Å². The summed E-state index contributed by atoms with van der Waals surface area (Å²) in [6.07, 6.45) is 4.10. The van der Waals surface area contributed by atoms with Gasteiger partial charge in [-0.1, -0.05) is 36.4 Å². The molecular formula is C24H26N6O. The summed E-state index contributed by atoms with van der Waals surface area (Å²) in [5.41, 5.74) is 3.58. The van der Waals surface area contributed by atoms with E-state index in [0.717, 1.165) is 22.4 Å². The molecule has 3 aromatic heterocycles. The van der Waals surface area contributed by atoms with Crippen LogP contribution in [0.2, 0.25) is 0 Å². The van der Waals surface area contributed by atoms with Crippen molar-refractivity contribution in [2.24, 2.45) is 0 Å².